The first kappa shape index (κ1) is 18.9. The van der Waals surface area contributed by atoms with Crippen LogP contribution in [0.25, 0.3) is 0 Å². The maximum Gasteiger partial charge on any atom is 0.237 e. The van der Waals surface area contributed by atoms with Gasteiger partial charge in [0, 0.05) is 11.4 Å². The molecule has 6 nitrogen and oxygen atoms in total. The molecule has 0 bridgehead atoms. The van der Waals surface area contributed by atoms with Crippen LogP contribution in [0, 0.1) is 18.3 Å². The van der Waals surface area contributed by atoms with E-state index in [9.17, 15) is 4.79 Å². The number of hydrogen-bond acceptors (Lipinski definition) is 7. The number of nitrogens with zero attached hydrogens (tertiary/aromatic N) is 3. The zero-order valence-electron chi connectivity index (χ0n) is 14.8. The SMILES string of the molecule is Cc1cccc(Nc2nnc(SC(C)C(=O)Nc3cccc(C#N)c3)s2)c1. The minimum Gasteiger partial charge on any atom is -0.330 e. The number of benzene rings is 2. The minimum atomic E-state index is -0.351. The number of carbonyl (C=O) groups is 1. The molecule has 1 amide bonds. The Morgan fingerprint density at radius 1 is 1.19 bits per heavy atom. The Bertz CT molecular complexity index is 996. The second-order valence-electron chi connectivity index (χ2n) is 5.81. The van der Waals surface area contributed by atoms with Crippen molar-refractivity contribution >= 4 is 45.5 Å². The van der Waals surface area contributed by atoms with Gasteiger partial charge >= 0.3 is 0 Å². The molecule has 0 radical (unpaired) electrons. The van der Waals surface area contributed by atoms with E-state index in [0.29, 0.717) is 20.7 Å². The summed E-state index contributed by atoms with van der Waals surface area (Å²) in [5.74, 6) is -0.154. The van der Waals surface area contributed by atoms with Gasteiger partial charge in [0.05, 0.1) is 16.9 Å². The van der Waals surface area contributed by atoms with E-state index in [2.05, 4.69) is 26.9 Å². The summed E-state index contributed by atoms with van der Waals surface area (Å²) in [6.45, 7) is 3.84. The predicted octanol–water partition coefficient (Wildman–Crippen LogP) is 4.58. The second kappa shape index (κ2) is 8.66. The summed E-state index contributed by atoms with van der Waals surface area (Å²) >= 11 is 2.74. The average molecular weight is 396 g/mol. The van der Waals surface area contributed by atoms with Crippen molar-refractivity contribution in [2.24, 2.45) is 0 Å². The Balaban J connectivity index is 1.59. The summed E-state index contributed by atoms with van der Waals surface area (Å²) < 4.78 is 0.707. The molecule has 2 aromatic carbocycles. The Morgan fingerprint density at radius 2 is 1.96 bits per heavy atom. The normalized spacial score (nSPS) is 11.4. The lowest BCUT2D eigenvalue weighted by Crippen LogP contribution is -2.22. The summed E-state index contributed by atoms with van der Waals surface area (Å²) in [6, 6.07) is 16.9. The van der Waals surface area contributed by atoms with Gasteiger partial charge in [0.2, 0.25) is 11.0 Å². The van der Waals surface area contributed by atoms with E-state index in [-0.39, 0.29) is 11.2 Å². The van der Waals surface area contributed by atoms with E-state index in [1.807, 2.05) is 38.1 Å². The first-order chi connectivity index (χ1) is 13.0. The number of nitriles is 1. The Morgan fingerprint density at radius 3 is 2.74 bits per heavy atom. The van der Waals surface area contributed by atoms with Crippen molar-refractivity contribution in [3.05, 3.63) is 59.7 Å². The van der Waals surface area contributed by atoms with Crippen molar-refractivity contribution in [2.75, 3.05) is 10.6 Å². The molecule has 27 heavy (non-hydrogen) atoms. The molecule has 3 aromatic rings. The fraction of sp³-hybridized carbons (Fsp3) is 0.158. The highest BCUT2D eigenvalue weighted by Crippen LogP contribution is 2.31. The first-order valence-electron chi connectivity index (χ1n) is 8.18. The van der Waals surface area contributed by atoms with Crippen LogP contribution in [0.4, 0.5) is 16.5 Å². The number of anilines is 3. The maximum absolute atomic E-state index is 12.4. The summed E-state index contributed by atoms with van der Waals surface area (Å²) in [4.78, 5) is 12.4. The van der Waals surface area contributed by atoms with Gasteiger partial charge in [-0.2, -0.15) is 5.26 Å². The number of nitrogens with one attached hydrogen (secondary N) is 2. The third-order valence-corrected chi connectivity index (χ3v) is 5.60. The molecule has 0 saturated carbocycles. The van der Waals surface area contributed by atoms with Crippen LogP contribution in [-0.2, 0) is 4.79 Å². The highest BCUT2D eigenvalue weighted by atomic mass is 32.2. The summed E-state index contributed by atoms with van der Waals surface area (Å²) in [5, 5.41) is 23.6. The van der Waals surface area contributed by atoms with Crippen LogP contribution in [0.3, 0.4) is 0 Å². The van der Waals surface area contributed by atoms with E-state index in [0.717, 1.165) is 11.3 Å². The number of carbonyl (C=O) groups excluding carboxylic acids is 1. The van der Waals surface area contributed by atoms with Gasteiger partial charge in [-0.05, 0) is 49.7 Å². The lowest BCUT2D eigenvalue weighted by atomic mass is 10.2. The fourth-order valence-corrected chi connectivity index (χ4v) is 4.19. The van der Waals surface area contributed by atoms with Crippen molar-refractivity contribution < 1.29 is 4.79 Å². The highest BCUT2D eigenvalue weighted by Gasteiger charge is 2.17. The van der Waals surface area contributed by atoms with Crippen LogP contribution in [0.1, 0.15) is 18.1 Å². The zero-order chi connectivity index (χ0) is 19.2. The van der Waals surface area contributed by atoms with E-state index in [1.165, 1.54) is 23.1 Å². The van der Waals surface area contributed by atoms with Crippen molar-refractivity contribution in [1.82, 2.24) is 10.2 Å². The molecule has 3 rings (SSSR count). The van der Waals surface area contributed by atoms with Crippen LogP contribution >= 0.6 is 23.1 Å². The standard InChI is InChI=1S/C19H17N5OS2/c1-12-5-3-7-15(9-12)22-18-23-24-19(27-18)26-13(2)17(25)21-16-8-4-6-14(10-16)11-20/h3-10,13H,1-2H3,(H,21,25)(H,22,23). The molecule has 0 aliphatic heterocycles. The van der Waals surface area contributed by atoms with Crippen LogP contribution < -0.4 is 10.6 Å². The average Bonchev–Trinajstić information content (AvgIpc) is 3.08. The molecule has 0 aliphatic rings. The third kappa shape index (κ3) is 5.29. The Hall–Kier alpha value is -2.89. The highest BCUT2D eigenvalue weighted by molar-refractivity contribution is 8.02. The molecule has 0 aliphatic carbocycles. The summed E-state index contributed by atoms with van der Waals surface area (Å²) in [7, 11) is 0. The lowest BCUT2D eigenvalue weighted by Gasteiger charge is -2.10. The van der Waals surface area contributed by atoms with Gasteiger partial charge in [0.1, 0.15) is 0 Å². The van der Waals surface area contributed by atoms with E-state index >= 15 is 0 Å². The third-order valence-electron chi connectivity index (χ3n) is 3.58. The number of thioether (sulfide) groups is 1. The smallest absolute Gasteiger partial charge is 0.237 e. The Labute approximate surface area is 165 Å². The number of rotatable bonds is 6. The molecule has 0 spiro atoms. The molecule has 1 unspecified atom stereocenters. The van der Waals surface area contributed by atoms with Gasteiger partial charge in [-0.1, -0.05) is 41.3 Å². The second-order valence-corrected chi connectivity index (χ2v) is 8.37. The van der Waals surface area contributed by atoms with Gasteiger partial charge in [0.25, 0.3) is 0 Å². The Kier molecular flexibility index (Phi) is 6.06. The molecule has 0 saturated heterocycles. The minimum absolute atomic E-state index is 0.154. The van der Waals surface area contributed by atoms with E-state index in [4.69, 9.17) is 5.26 Å². The molecular formula is C19H17N5OS2. The fourth-order valence-electron chi connectivity index (χ4n) is 2.27. The molecule has 0 fully saturated rings. The number of amides is 1. The van der Waals surface area contributed by atoms with Crippen LogP contribution in [0.2, 0.25) is 0 Å². The number of hydrogen-bond donors (Lipinski definition) is 2. The largest absolute Gasteiger partial charge is 0.330 e. The van der Waals surface area contributed by atoms with Crippen LogP contribution in [-0.4, -0.2) is 21.4 Å². The molecule has 1 atom stereocenters. The monoisotopic (exact) mass is 395 g/mol. The van der Waals surface area contributed by atoms with Crippen molar-refractivity contribution in [3.8, 4) is 6.07 Å². The van der Waals surface area contributed by atoms with Crippen molar-refractivity contribution in [1.29, 1.82) is 5.26 Å². The molecule has 1 aromatic heterocycles. The van der Waals surface area contributed by atoms with E-state index < -0.39 is 0 Å². The number of aryl methyl sites for hydroxylation is 1. The number of aromatic nitrogens is 2. The first-order valence-corrected chi connectivity index (χ1v) is 9.88. The summed E-state index contributed by atoms with van der Waals surface area (Å²) in [6.07, 6.45) is 0. The molecule has 136 valence electrons. The summed E-state index contributed by atoms with van der Waals surface area (Å²) in [5.41, 5.74) is 3.21. The lowest BCUT2D eigenvalue weighted by molar-refractivity contribution is -0.115. The van der Waals surface area contributed by atoms with Gasteiger partial charge in [-0.25, -0.2) is 0 Å². The van der Waals surface area contributed by atoms with Crippen molar-refractivity contribution in [3.63, 3.8) is 0 Å². The quantitative estimate of drug-likeness (QED) is 0.594. The van der Waals surface area contributed by atoms with Gasteiger partial charge < -0.3 is 10.6 Å². The molecule has 8 heteroatoms. The maximum atomic E-state index is 12.4. The van der Waals surface area contributed by atoms with Crippen LogP contribution in [0.15, 0.2) is 52.9 Å². The molecule has 1 heterocycles. The molecular weight excluding hydrogens is 378 g/mol. The molecule has 2 N–H and O–H groups in total. The van der Waals surface area contributed by atoms with Crippen LogP contribution in [0.5, 0.6) is 0 Å². The van der Waals surface area contributed by atoms with Gasteiger partial charge in [0.15, 0.2) is 4.34 Å². The predicted molar refractivity (Wildman–Crippen MR) is 109 cm³/mol. The topological polar surface area (TPSA) is 90.7 Å². The zero-order valence-corrected chi connectivity index (χ0v) is 16.4. The van der Waals surface area contributed by atoms with Gasteiger partial charge in [-0.3, -0.25) is 4.79 Å². The van der Waals surface area contributed by atoms with Crippen molar-refractivity contribution in [2.45, 2.75) is 23.4 Å². The van der Waals surface area contributed by atoms with Gasteiger partial charge in [-0.15, -0.1) is 10.2 Å². The van der Waals surface area contributed by atoms with E-state index in [1.54, 1.807) is 24.3 Å².